The summed E-state index contributed by atoms with van der Waals surface area (Å²) in [5.74, 6) is 0.956. The van der Waals surface area contributed by atoms with Crippen molar-refractivity contribution < 1.29 is 9.53 Å². The van der Waals surface area contributed by atoms with Gasteiger partial charge in [0.15, 0.2) is 0 Å². The zero-order chi connectivity index (χ0) is 15.4. The molecule has 2 heterocycles. The molecule has 1 aromatic heterocycles. The molecule has 1 amide bonds. The molecule has 0 radical (unpaired) electrons. The van der Waals surface area contributed by atoms with Crippen LogP contribution in [0.15, 0.2) is 49.1 Å². The predicted octanol–water partition coefficient (Wildman–Crippen LogP) is 2.68. The number of benzene rings is 1. The summed E-state index contributed by atoms with van der Waals surface area (Å²) < 4.78 is 5.06. The number of carbonyl (C=O) groups excluding carboxylic acids is 1. The van der Waals surface area contributed by atoms with Crippen LogP contribution in [0.25, 0.3) is 10.9 Å². The van der Waals surface area contributed by atoms with E-state index in [1.807, 2.05) is 24.3 Å². The number of pyridine rings is 1. The molecule has 22 heavy (non-hydrogen) atoms. The van der Waals surface area contributed by atoms with Crippen LogP contribution in [0.1, 0.15) is 0 Å². The summed E-state index contributed by atoms with van der Waals surface area (Å²) in [6.07, 6.45) is 1.30. The molecule has 1 aliphatic heterocycles. The van der Waals surface area contributed by atoms with E-state index in [9.17, 15) is 4.79 Å². The van der Waals surface area contributed by atoms with Gasteiger partial charge in [0.05, 0.1) is 5.52 Å². The van der Waals surface area contributed by atoms with Crippen LogP contribution >= 0.6 is 0 Å². The lowest BCUT2D eigenvalue weighted by Crippen LogP contribution is -2.49. The number of amides is 1. The molecule has 114 valence electrons. The van der Waals surface area contributed by atoms with Crippen LogP contribution in [-0.4, -0.2) is 48.8 Å². The summed E-state index contributed by atoms with van der Waals surface area (Å²) in [4.78, 5) is 20.4. The molecule has 0 bridgehead atoms. The maximum Gasteiger partial charge on any atom is 0.410 e. The summed E-state index contributed by atoms with van der Waals surface area (Å²) in [7, 11) is 0. The monoisotopic (exact) mass is 297 g/mol. The van der Waals surface area contributed by atoms with Crippen molar-refractivity contribution in [3.63, 3.8) is 0 Å². The van der Waals surface area contributed by atoms with Gasteiger partial charge in [0.1, 0.15) is 12.4 Å². The van der Waals surface area contributed by atoms with E-state index in [1.165, 1.54) is 0 Å². The number of piperazine rings is 1. The van der Waals surface area contributed by atoms with E-state index in [0.29, 0.717) is 13.1 Å². The smallest absolute Gasteiger partial charge is 0.410 e. The number of hydrogen-bond donors (Lipinski definition) is 0. The maximum absolute atomic E-state index is 11.8. The van der Waals surface area contributed by atoms with Gasteiger partial charge in [0.25, 0.3) is 0 Å². The van der Waals surface area contributed by atoms with Gasteiger partial charge in [-0.1, -0.05) is 30.9 Å². The third-order valence-electron chi connectivity index (χ3n) is 3.77. The van der Waals surface area contributed by atoms with E-state index in [2.05, 4.69) is 23.6 Å². The van der Waals surface area contributed by atoms with Crippen LogP contribution in [0, 0.1) is 0 Å². The van der Waals surface area contributed by atoms with Gasteiger partial charge < -0.3 is 14.5 Å². The molecule has 1 fully saturated rings. The summed E-state index contributed by atoms with van der Waals surface area (Å²) in [5.41, 5.74) is 0.993. The summed E-state index contributed by atoms with van der Waals surface area (Å²) >= 11 is 0. The molecule has 0 atom stereocenters. The van der Waals surface area contributed by atoms with E-state index in [1.54, 1.807) is 11.0 Å². The Morgan fingerprint density at radius 2 is 1.95 bits per heavy atom. The minimum absolute atomic E-state index is 0.255. The Labute approximate surface area is 129 Å². The van der Waals surface area contributed by atoms with Crippen molar-refractivity contribution in [3.8, 4) is 0 Å². The second-order valence-corrected chi connectivity index (χ2v) is 5.20. The van der Waals surface area contributed by atoms with Crippen molar-refractivity contribution in [1.29, 1.82) is 0 Å². The number of nitrogens with zero attached hydrogens (tertiary/aromatic N) is 3. The molecular weight excluding hydrogens is 278 g/mol. The Morgan fingerprint density at radius 3 is 2.73 bits per heavy atom. The third-order valence-corrected chi connectivity index (χ3v) is 3.77. The number of fused-ring (bicyclic) bond motifs is 1. The van der Waals surface area contributed by atoms with Crippen molar-refractivity contribution in [2.75, 3.05) is 37.7 Å². The predicted molar refractivity (Wildman–Crippen MR) is 87.1 cm³/mol. The SMILES string of the molecule is C=CCOC(=O)N1CCN(c2ccc3ccccc3n2)CC1. The van der Waals surface area contributed by atoms with Crippen LogP contribution in [0.3, 0.4) is 0 Å². The summed E-state index contributed by atoms with van der Waals surface area (Å²) in [6, 6.07) is 12.2. The van der Waals surface area contributed by atoms with Gasteiger partial charge >= 0.3 is 6.09 Å². The zero-order valence-corrected chi connectivity index (χ0v) is 12.4. The van der Waals surface area contributed by atoms with Crippen LogP contribution in [0.2, 0.25) is 0 Å². The fraction of sp³-hybridized carbons (Fsp3) is 0.294. The standard InChI is InChI=1S/C17H19N3O2/c1-2-13-22-17(21)20-11-9-19(10-12-20)16-8-7-14-5-3-4-6-15(14)18-16/h2-8H,1,9-13H2. The highest BCUT2D eigenvalue weighted by Crippen LogP contribution is 2.19. The van der Waals surface area contributed by atoms with Crippen LogP contribution < -0.4 is 4.90 Å². The Kier molecular flexibility index (Phi) is 4.23. The molecule has 0 unspecified atom stereocenters. The maximum atomic E-state index is 11.8. The first-order valence-corrected chi connectivity index (χ1v) is 7.41. The van der Waals surface area contributed by atoms with Crippen LogP contribution in [0.4, 0.5) is 10.6 Å². The topological polar surface area (TPSA) is 45.7 Å². The number of carbonyl (C=O) groups is 1. The zero-order valence-electron chi connectivity index (χ0n) is 12.4. The van der Waals surface area contributed by atoms with Gasteiger partial charge in [-0.2, -0.15) is 0 Å². The highest BCUT2D eigenvalue weighted by atomic mass is 16.6. The molecule has 0 N–H and O–H groups in total. The number of rotatable bonds is 3. The van der Waals surface area contributed by atoms with Crippen LogP contribution in [0.5, 0.6) is 0 Å². The number of para-hydroxylation sites is 1. The molecule has 2 aromatic rings. The van der Waals surface area contributed by atoms with Crippen molar-refractivity contribution in [2.45, 2.75) is 0 Å². The lowest BCUT2D eigenvalue weighted by molar-refractivity contribution is 0.110. The largest absolute Gasteiger partial charge is 0.445 e. The van der Waals surface area contributed by atoms with Gasteiger partial charge in [-0.3, -0.25) is 0 Å². The fourth-order valence-electron chi connectivity index (χ4n) is 2.57. The Morgan fingerprint density at radius 1 is 1.18 bits per heavy atom. The highest BCUT2D eigenvalue weighted by Gasteiger charge is 2.22. The van der Waals surface area contributed by atoms with E-state index >= 15 is 0 Å². The first kappa shape index (κ1) is 14.4. The van der Waals surface area contributed by atoms with Crippen LogP contribution in [-0.2, 0) is 4.74 Å². The minimum atomic E-state index is -0.272. The number of ether oxygens (including phenoxy) is 1. The lowest BCUT2D eigenvalue weighted by atomic mass is 10.2. The van der Waals surface area contributed by atoms with Crippen molar-refractivity contribution in [3.05, 3.63) is 49.1 Å². The number of aromatic nitrogens is 1. The lowest BCUT2D eigenvalue weighted by Gasteiger charge is -2.34. The van der Waals surface area contributed by atoms with Gasteiger partial charge in [-0.25, -0.2) is 9.78 Å². The molecular formula is C17H19N3O2. The Hall–Kier alpha value is -2.56. The molecule has 0 saturated carbocycles. The Bertz CT molecular complexity index is 678. The molecule has 5 heteroatoms. The van der Waals surface area contributed by atoms with Crippen molar-refractivity contribution in [1.82, 2.24) is 9.88 Å². The Balaban J connectivity index is 1.65. The van der Waals surface area contributed by atoms with E-state index in [0.717, 1.165) is 29.8 Å². The molecule has 3 rings (SSSR count). The van der Waals surface area contributed by atoms with E-state index in [4.69, 9.17) is 9.72 Å². The molecule has 0 aliphatic carbocycles. The van der Waals surface area contributed by atoms with Crippen molar-refractivity contribution >= 4 is 22.8 Å². The number of anilines is 1. The molecule has 1 aromatic carbocycles. The van der Waals surface area contributed by atoms with E-state index in [-0.39, 0.29) is 12.7 Å². The third kappa shape index (κ3) is 3.03. The molecule has 0 spiro atoms. The second-order valence-electron chi connectivity index (χ2n) is 5.20. The first-order chi connectivity index (χ1) is 10.8. The molecule has 5 nitrogen and oxygen atoms in total. The van der Waals surface area contributed by atoms with Gasteiger partial charge in [0.2, 0.25) is 0 Å². The average molecular weight is 297 g/mol. The normalized spacial score (nSPS) is 14.9. The van der Waals surface area contributed by atoms with Gasteiger partial charge in [0, 0.05) is 31.6 Å². The first-order valence-electron chi connectivity index (χ1n) is 7.41. The molecule has 1 saturated heterocycles. The van der Waals surface area contributed by atoms with Crippen molar-refractivity contribution in [2.24, 2.45) is 0 Å². The highest BCUT2D eigenvalue weighted by molar-refractivity contribution is 5.80. The fourth-order valence-corrected chi connectivity index (χ4v) is 2.57. The average Bonchev–Trinajstić information content (AvgIpc) is 2.59. The molecule has 1 aliphatic rings. The summed E-state index contributed by atoms with van der Waals surface area (Å²) in [5, 5.41) is 1.14. The quantitative estimate of drug-likeness (QED) is 0.817. The van der Waals surface area contributed by atoms with Gasteiger partial charge in [-0.05, 0) is 18.2 Å². The van der Waals surface area contributed by atoms with E-state index < -0.39 is 0 Å². The second kappa shape index (κ2) is 6.47. The minimum Gasteiger partial charge on any atom is -0.445 e. The summed E-state index contributed by atoms with van der Waals surface area (Å²) in [6.45, 7) is 6.60. The van der Waals surface area contributed by atoms with Gasteiger partial charge in [-0.15, -0.1) is 0 Å². The number of hydrogen-bond acceptors (Lipinski definition) is 4.